The minimum Gasteiger partial charge on any atom is -0.445 e. The van der Waals surface area contributed by atoms with Gasteiger partial charge in [-0.05, 0) is 19.0 Å². The van der Waals surface area contributed by atoms with E-state index in [9.17, 15) is 4.79 Å². The van der Waals surface area contributed by atoms with Crippen molar-refractivity contribution in [2.24, 2.45) is 0 Å². The van der Waals surface area contributed by atoms with Crippen LogP contribution >= 0.6 is 0 Å². The summed E-state index contributed by atoms with van der Waals surface area (Å²) in [7, 11) is 2.12. The number of amides is 1. The normalized spacial score (nSPS) is 26.6. The van der Waals surface area contributed by atoms with E-state index in [4.69, 9.17) is 4.74 Å². The second kappa shape index (κ2) is 4.61. The summed E-state index contributed by atoms with van der Waals surface area (Å²) in [6, 6.07) is 10.7. The third kappa shape index (κ3) is 2.08. The van der Waals surface area contributed by atoms with Crippen LogP contribution in [0.5, 0.6) is 0 Å². The summed E-state index contributed by atoms with van der Waals surface area (Å²) in [6.45, 7) is 2.16. The van der Waals surface area contributed by atoms with Crippen LogP contribution in [0.25, 0.3) is 0 Å². The molecule has 4 nitrogen and oxygen atoms in total. The molecule has 2 heterocycles. The number of hydrogen-bond donors (Lipinski definition) is 0. The van der Waals surface area contributed by atoms with Crippen LogP contribution in [0.3, 0.4) is 0 Å². The van der Waals surface area contributed by atoms with Gasteiger partial charge in [0.25, 0.3) is 0 Å². The van der Waals surface area contributed by atoms with E-state index in [1.54, 1.807) is 0 Å². The number of nitrogens with zero attached hydrogens (tertiary/aromatic N) is 2. The monoisotopic (exact) mass is 246 g/mol. The largest absolute Gasteiger partial charge is 0.445 e. The van der Waals surface area contributed by atoms with Crippen LogP contribution < -0.4 is 0 Å². The number of carbonyl (C=O) groups is 1. The van der Waals surface area contributed by atoms with Gasteiger partial charge >= 0.3 is 6.09 Å². The highest BCUT2D eigenvalue weighted by Crippen LogP contribution is 2.29. The van der Waals surface area contributed by atoms with Crippen LogP contribution in [0.4, 0.5) is 4.79 Å². The van der Waals surface area contributed by atoms with Crippen molar-refractivity contribution in [2.45, 2.75) is 25.1 Å². The number of hydrogen-bond acceptors (Lipinski definition) is 3. The van der Waals surface area contributed by atoms with Crippen molar-refractivity contribution in [1.82, 2.24) is 9.80 Å². The molecule has 2 saturated heterocycles. The summed E-state index contributed by atoms with van der Waals surface area (Å²) < 4.78 is 5.37. The van der Waals surface area contributed by atoms with Crippen LogP contribution in [0.1, 0.15) is 12.0 Å². The molecule has 0 saturated carbocycles. The smallest absolute Gasteiger partial charge is 0.410 e. The predicted molar refractivity (Wildman–Crippen MR) is 68.2 cm³/mol. The van der Waals surface area contributed by atoms with Gasteiger partial charge in [0.15, 0.2) is 0 Å². The van der Waals surface area contributed by atoms with E-state index in [1.807, 2.05) is 35.2 Å². The molecule has 0 aliphatic carbocycles. The van der Waals surface area contributed by atoms with Gasteiger partial charge in [0.1, 0.15) is 6.61 Å². The van der Waals surface area contributed by atoms with E-state index < -0.39 is 0 Å². The van der Waals surface area contributed by atoms with Gasteiger partial charge in [-0.1, -0.05) is 30.3 Å². The fourth-order valence-electron chi connectivity index (χ4n) is 2.89. The van der Waals surface area contributed by atoms with Crippen LogP contribution in [-0.2, 0) is 11.3 Å². The summed E-state index contributed by atoms with van der Waals surface area (Å²) in [4.78, 5) is 16.2. The minimum absolute atomic E-state index is 0.167. The zero-order valence-corrected chi connectivity index (χ0v) is 10.6. The first-order valence-corrected chi connectivity index (χ1v) is 6.41. The molecule has 0 radical (unpaired) electrons. The lowest BCUT2D eigenvalue weighted by Crippen LogP contribution is -2.47. The predicted octanol–water partition coefficient (Wildman–Crippen LogP) is 1.71. The first-order valence-electron chi connectivity index (χ1n) is 6.41. The molecule has 2 unspecified atom stereocenters. The van der Waals surface area contributed by atoms with E-state index in [2.05, 4.69) is 11.9 Å². The minimum atomic E-state index is -0.167. The molecule has 2 fully saturated rings. The average molecular weight is 246 g/mol. The van der Waals surface area contributed by atoms with Gasteiger partial charge in [0.05, 0.1) is 0 Å². The molecule has 1 aromatic carbocycles. The Labute approximate surface area is 107 Å². The zero-order chi connectivity index (χ0) is 12.5. The second-order valence-electron chi connectivity index (χ2n) is 5.18. The van der Waals surface area contributed by atoms with Crippen LogP contribution in [-0.4, -0.2) is 48.1 Å². The Morgan fingerprint density at radius 1 is 1.28 bits per heavy atom. The highest BCUT2D eigenvalue weighted by molar-refractivity contribution is 5.69. The lowest BCUT2D eigenvalue weighted by atomic mass is 10.2. The van der Waals surface area contributed by atoms with Crippen molar-refractivity contribution in [3.8, 4) is 0 Å². The van der Waals surface area contributed by atoms with Gasteiger partial charge in [0, 0.05) is 25.2 Å². The molecule has 1 aromatic rings. The van der Waals surface area contributed by atoms with E-state index in [0.717, 1.165) is 25.1 Å². The van der Waals surface area contributed by atoms with Crippen molar-refractivity contribution >= 4 is 6.09 Å². The third-order valence-corrected chi connectivity index (χ3v) is 3.95. The number of fused-ring (bicyclic) bond motifs is 2. The highest BCUT2D eigenvalue weighted by Gasteiger charge is 2.44. The van der Waals surface area contributed by atoms with Crippen molar-refractivity contribution in [2.75, 3.05) is 20.1 Å². The lowest BCUT2D eigenvalue weighted by molar-refractivity contribution is 0.0745. The van der Waals surface area contributed by atoms with Crippen LogP contribution in [0.15, 0.2) is 30.3 Å². The Morgan fingerprint density at radius 2 is 2.06 bits per heavy atom. The number of piperazine rings is 1. The van der Waals surface area contributed by atoms with E-state index in [-0.39, 0.29) is 6.09 Å². The van der Waals surface area contributed by atoms with Gasteiger partial charge in [0.2, 0.25) is 0 Å². The molecule has 2 bridgehead atoms. The fourth-order valence-corrected chi connectivity index (χ4v) is 2.89. The lowest BCUT2D eigenvalue weighted by Gasteiger charge is -2.31. The Kier molecular flexibility index (Phi) is 2.96. The van der Waals surface area contributed by atoms with Gasteiger partial charge in [-0.25, -0.2) is 4.79 Å². The molecule has 0 N–H and O–H groups in total. The number of carbonyl (C=O) groups excluding carboxylic acids is 1. The molecule has 96 valence electrons. The molecule has 4 heteroatoms. The maximum absolute atomic E-state index is 12.0. The molecule has 2 atom stereocenters. The van der Waals surface area contributed by atoms with Gasteiger partial charge in [-0.2, -0.15) is 0 Å². The van der Waals surface area contributed by atoms with E-state index in [1.165, 1.54) is 0 Å². The van der Waals surface area contributed by atoms with Crippen molar-refractivity contribution < 1.29 is 9.53 Å². The standard InChI is InChI=1S/C14H18N2O2/c1-15-8-13-7-12(15)9-16(13)14(17)18-10-11-5-3-2-4-6-11/h2-6,12-13H,7-10H2,1H3. The molecule has 2 aliphatic rings. The second-order valence-corrected chi connectivity index (χ2v) is 5.18. The summed E-state index contributed by atoms with van der Waals surface area (Å²) in [5.41, 5.74) is 1.03. The Hall–Kier alpha value is -1.55. The van der Waals surface area contributed by atoms with Gasteiger partial charge in [-0.15, -0.1) is 0 Å². The van der Waals surface area contributed by atoms with E-state index >= 15 is 0 Å². The topological polar surface area (TPSA) is 32.8 Å². The quantitative estimate of drug-likeness (QED) is 0.796. The Morgan fingerprint density at radius 3 is 2.67 bits per heavy atom. The fraction of sp³-hybridized carbons (Fsp3) is 0.500. The van der Waals surface area contributed by atoms with Crippen molar-refractivity contribution in [3.05, 3.63) is 35.9 Å². The van der Waals surface area contributed by atoms with Crippen molar-refractivity contribution in [3.63, 3.8) is 0 Å². The molecular weight excluding hydrogens is 228 g/mol. The highest BCUT2D eigenvalue weighted by atomic mass is 16.6. The summed E-state index contributed by atoms with van der Waals surface area (Å²) in [6.07, 6.45) is 0.927. The van der Waals surface area contributed by atoms with E-state index in [0.29, 0.717) is 18.7 Å². The first-order chi connectivity index (χ1) is 8.74. The molecule has 0 spiro atoms. The number of likely N-dealkylation sites (N-methyl/N-ethyl adjacent to an activating group) is 1. The molecule has 3 rings (SSSR count). The number of likely N-dealkylation sites (tertiary alicyclic amines) is 2. The number of rotatable bonds is 2. The summed E-state index contributed by atoms with van der Waals surface area (Å²) in [5, 5.41) is 0. The van der Waals surface area contributed by atoms with Crippen LogP contribution in [0.2, 0.25) is 0 Å². The zero-order valence-electron chi connectivity index (χ0n) is 10.6. The van der Waals surface area contributed by atoms with Crippen LogP contribution in [0, 0.1) is 0 Å². The molecule has 2 aliphatic heterocycles. The first kappa shape index (κ1) is 11.5. The maximum Gasteiger partial charge on any atom is 0.410 e. The molecule has 18 heavy (non-hydrogen) atoms. The number of benzene rings is 1. The Balaban J connectivity index is 1.54. The Bertz CT molecular complexity index is 433. The van der Waals surface area contributed by atoms with Gasteiger partial charge in [-0.3, -0.25) is 4.90 Å². The molecule has 0 aromatic heterocycles. The third-order valence-electron chi connectivity index (χ3n) is 3.95. The maximum atomic E-state index is 12.0. The average Bonchev–Trinajstić information content (AvgIpc) is 2.96. The van der Waals surface area contributed by atoms with Gasteiger partial charge < -0.3 is 9.64 Å². The molecule has 1 amide bonds. The number of ether oxygens (including phenoxy) is 1. The summed E-state index contributed by atoms with van der Waals surface area (Å²) in [5.74, 6) is 0. The molecular formula is C14H18N2O2. The van der Waals surface area contributed by atoms with Crippen molar-refractivity contribution in [1.29, 1.82) is 0 Å². The SMILES string of the molecule is CN1CC2CC1CN2C(=O)OCc1ccccc1. The summed E-state index contributed by atoms with van der Waals surface area (Å²) >= 11 is 0.